The van der Waals surface area contributed by atoms with Crippen LogP contribution >= 0.6 is 0 Å². The lowest BCUT2D eigenvalue weighted by Crippen LogP contribution is -2.16. The topological polar surface area (TPSA) is 8.17 Å². The van der Waals surface area contributed by atoms with Gasteiger partial charge in [0.1, 0.15) is 0 Å². The molecule has 0 radical (unpaired) electrons. The van der Waals surface area contributed by atoms with E-state index < -0.39 is 0 Å². The molecule has 13 rings (SSSR count). The largest absolute Gasteiger partial charge is 0.310 e. The normalized spacial score (nSPS) is 12.7. The second kappa shape index (κ2) is 15.3. The van der Waals surface area contributed by atoms with E-state index in [4.69, 9.17) is 0 Å². The summed E-state index contributed by atoms with van der Waals surface area (Å²) in [6.07, 6.45) is 0. The average Bonchev–Trinajstić information content (AvgIpc) is 3.84. The molecule has 11 aromatic carbocycles. The van der Waals surface area contributed by atoms with Crippen LogP contribution in [0.2, 0.25) is 0 Å². The molecule has 0 saturated carbocycles. The average molecular weight is 855 g/mol. The van der Waals surface area contributed by atoms with Crippen LogP contribution in [-0.2, 0) is 5.41 Å². The first-order chi connectivity index (χ1) is 33.0. The lowest BCUT2D eigenvalue weighted by atomic mass is 9.82. The van der Waals surface area contributed by atoms with Crippen LogP contribution < -0.4 is 4.90 Å². The molecule has 0 amide bonds. The van der Waals surface area contributed by atoms with E-state index >= 15 is 0 Å². The zero-order valence-electron chi connectivity index (χ0n) is 37.5. The van der Waals surface area contributed by atoms with Crippen molar-refractivity contribution in [3.63, 3.8) is 0 Å². The number of nitrogens with zero attached hydrogens (tertiary/aromatic N) is 2. The number of para-hydroxylation sites is 1. The van der Waals surface area contributed by atoms with Gasteiger partial charge in [0.25, 0.3) is 0 Å². The van der Waals surface area contributed by atoms with Gasteiger partial charge in [0.15, 0.2) is 0 Å². The van der Waals surface area contributed by atoms with E-state index in [-0.39, 0.29) is 5.41 Å². The monoisotopic (exact) mass is 854 g/mol. The number of hydrogen-bond donors (Lipinski definition) is 0. The summed E-state index contributed by atoms with van der Waals surface area (Å²) >= 11 is 0. The molecule has 12 aromatic rings. The van der Waals surface area contributed by atoms with Gasteiger partial charge in [-0.2, -0.15) is 0 Å². The molecule has 0 saturated heterocycles. The molecule has 0 atom stereocenters. The van der Waals surface area contributed by atoms with Gasteiger partial charge in [0.05, 0.1) is 22.4 Å². The first-order valence-corrected chi connectivity index (χ1v) is 23.3. The van der Waals surface area contributed by atoms with Crippen molar-refractivity contribution in [2.45, 2.75) is 19.3 Å². The summed E-state index contributed by atoms with van der Waals surface area (Å²) in [5.74, 6) is 0. The van der Waals surface area contributed by atoms with Crippen LogP contribution in [0.1, 0.15) is 25.0 Å². The number of rotatable bonds is 7. The summed E-state index contributed by atoms with van der Waals surface area (Å²) in [5.41, 5.74) is 19.4. The molecule has 0 bridgehead atoms. The molecule has 1 aliphatic carbocycles. The molecule has 0 fully saturated rings. The Morgan fingerprint density at radius 3 is 1.75 bits per heavy atom. The molecule has 2 heteroatoms. The van der Waals surface area contributed by atoms with Crippen LogP contribution in [0.3, 0.4) is 0 Å². The van der Waals surface area contributed by atoms with Crippen molar-refractivity contribution in [1.29, 1.82) is 0 Å². The number of aromatic nitrogens is 1. The summed E-state index contributed by atoms with van der Waals surface area (Å²) in [7, 11) is 0. The highest BCUT2D eigenvalue weighted by atomic mass is 15.1. The fourth-order valence-electron chi connectivity index (χ4n) is 11.1. The third-order valence-corrected chi connectivity index (χ3v) is 14.4. The third kappa shape index (κ3) is 6.25. The van der Waals surface area contributed by atoms with Crippen molar-refractivity contribution in [3.05, 3.63) is 254 Å². The van der Waals surface area contributed by atoms with Crippen LogP contribution in [-0.4, -0.2) is 4.57 Å². The first kappa shape index (κ1) is 39.0. The number of benzene rings is 11. The number of fused-ring (bicyclic) bond motifs is 8. The quantitative estimate of drug-likeness (QED) is 0.155. The van der Waals surface area contributed by atoms with Gasteiger partial charge >= 0.3 is 0 Å². The fraction of sp³-hybridized carbons (Fsp3) is 0.0462. The summed E-state index contributed by atoms with van der Waals surface area (Å²) in [6, 6.07) is 89.4. The minimum Gasteiger partial charge on any atom is -0.310 e. The minimum absolute atomic E-state index is 0.130. The second-order valence-electron chi connectivity index (χ2n) is 18.5. The van der Waals surface area contributed by atoms with Crippen molar-refractivity contribution in [3.8, 4) is 50.2 Å². The van der Waals surface area contributed by atoms with Gasteiger partial charge < -0.3 is 9.47 Å². The van der Waals surface area contributed by atoms with Crippen molar-refractivity contribution in [2.24, 2.45) is 0 Å². The highest BCUT2D eigenvalue weighted by molar-refractivity contribution is 6.12. The molecule has 1 aromatic heterocycles. The molecule has 0 spiro atoms. The van der Waals surface area contributed by atoms with Crippen LogP contribution in [0.15, 0.2) is 243 Å². The molecule has 0 N–H and O–H groups in total. The highest BCUT2D eigenvalue weighted by Crippen LogP contribution is 2.51. The highest BCUT2D eigenvalue weighted by Gasteiger charge is 2.36. The zero-order valence-corrected chi connectivity index (χ0v) is 37.5. The van der Waals surface area contributed by atoms with E-state index in [1.807, 2.05) is 0 Å². The molecular weight excluding hydrogens is 809 g/mol. The van der Waals surface area contributed by atoms with Crippen LogP contribution in [0.25, 0.3) is 93.5 Å². The van der Waals surface area contributed by atoms with Gasteiger partial charge in [-0.25, -0.2) is 0 Å². The lowest BCUT2D eigenvalue weighted by molar-refractivity contribution is 0.660. The molecule has 316 valence electrons. The first-order valence-electron chi connectivity index (χ1n) is 23.3. The summed E-state index contributed by atoms with van der Waals surface area (Å²) in [4.78, 5) is 2.47. The van der Waals surface area contributed by atoms with Gasteiger partial charge in [-0.3, -0.25) is 0 Å². The molecule has 1 aliphatic rings. The maximum Gasteiger partial charge on any atom is 0.0541 e. The Labute approximate surface area is 391 Å². The summed E-state index contributed by atoms with van der Waals surface area (Å²) < 4.78 is 2.43. The van der Waals surface area contributed by atoms with E-state index in [0.717, 1.165) is 17.1 Å². The SMILES string of the molecule is CC1(C)c2ccccc2-c2ccc(N(c3cccc(-c4ccc(-c5ccc6c(c5)c5ccccc5n6-c5cccc6ccccc56)cc4)c3)c3ccc(-c4ccccc4)c4ccccc34)cc21. The van der Waals surface area contributed by atoms with Crippen LogP contribution in [0, 0.1) is 0 Å². The fourth-order valence-corrected chi connectivity index (χ4v) is 11.1. The molecule has 1 heterocycles. The molecule has 0 unspecified atom stereocenters. The Hall–Kier alpha value is -8.46. The zero-order chi connectivity index (χ0) is 44.6. The van der Waals surface area contributed by atoms with Gasteiger partial charge in [0, 0.05) is 38.3 Å². The van der Waals surface area contributed by atoms with Crippen LogP contribution in [0.5, 0.6) is 0 Å². The molecule has 67 heavy (non-hydrogen) atoms. The van der Waals surface area contributed by atoms with Gasteiger partial charge in [-0.05, 0) is 121 Å². The Kier molecular flexibility index (Phi) is 8.91. The summed E-state index contributed by atoms with van der Waals surface area (Å²) in [5, 5.41) is 7.43. The predicted molar refractivity (Wildman–Crippen MR) is 284 cm³/mol. The Bertz CT molecular complexity index is 3890. The predicted octanol–water partition coefficient (Wildman–Crippen LogP) is 17.9. The van der Waals surface area contributed by atoms with E-state index in [0.29, 0.717) is 0 Å². The third-order valence-electron chi connectivity index (χ3n) is 14.4. The smallest absolute Gasteiger partial charge is 0.0541 e. The maximum absolute atomic E-state index is 2.47. The number of anilines is 3. The Morgan fingerprint density at radius 2 is 0.910 bits per heavy atom. The van der Waals surface area contributed by atoms with E-state index in [1.165, 1.54) is 105 Å². The lowest BCUT2D eigenvalue weighted by Gasteiger charge is -2.30. The second-order valence-corrected chi connectivity index (χ2v) is 18.5. The summed E-state index contributed by atoms with van der Waals surface area (Å²) in [6.45, 7) is 4.73. The van der Waals surface area contributed by atoms with E-state index in [2.05, 4.69) is 266 Å². The maximum atomic E-state index is 2.47. The van der Waals surface area contributed by atoms with Crippen molar-refractivity contribution < 1.29 is 0 Å². The Balaban J connectivity index is 0.911. The minimum atomic E-state index is -0.130. The van der Waals surface area contributed by atoms with Crippen molar-refractivity contribution in [1.82, 2.24) is 4.57 Å². The van der Waals surface area contributed by atoms with Gasteiger partial charge in [0.2, 0.25) is 0 Å². The Morgan fingerprint density at radius 1 is 0.328 bits per heavy atom. The number of hydrogen-bond acceptors (Lipinski definition) is 1. The van der Waals surface area contributed by atoms with Gasteiger partial charge in [-0.1, -0.05) is 202 Å². The van der Waals surface area contributed by atoms with Crippen molar-refractivity contribution in [2.75, 3.05) is 4.90 Å². The molecule has 2 nitrogen and oxygen atoms in total. The molecule has 0 aliphatic heterocycles. The van der Waals surface area contributed by atoms with Crippen molar-refractivity contribution >= 4 is 60.4 Å². The standard InChI is InChI=1S/C65H46N2/c1-65(2)59-27-12-10-24-54(59)55-36-35-50(42-60(55)65)66(63-39-37-51(45-16-4-3-5-17-45)53-23-8-9-25-56(53)63)49-21-14-20-47(40-49)43-30-32-44(33-31-43)48-34-38-64-58(41-48)57-26-11-13-28-62(57)67(64)61-29-15-19-46-18-6-7-22-52(46)61/h3-42H,1-2H3. The van der Waals surface area contributed by atoms with E-state index in [9.17, 15) is 0 Å². The van der Waals surface area contributed by atoms with E-state index in [1.54, 1.807) is 0 Å². The van der Waals surface area contributed by atoms with Crippen LogP contribution in [0.4, 0.5) is 17.1 Å². The van der Waals surface area contributed by atoms with Gasteiger partial charge in [-0.15, -0.1) is 0 Å². The molecular formula is C65H46N2.